The van der Waals surface area contributed by atoms with Gasteiger partial charge in [-0.2, -0.15) is 5.10 Å². The molecule has 1 aromatic carbocycles. The summed E-state index contributed by atoms with van der Waals surface area (Å²) in [5, 5.41) is 9.79. The fourth-order valence-corrected chi connectivity index (χ4v) is 4.03. The summed E-state index contributed by atoms with van der Waals surface area (Å²) in [5.74, 6) is 2.04. The summed E-state index contributed by atoms with van der Waals surface area (Å²) in [6, 6.07) is 5.70. The minimum absolute atomic E-state index is 0.0490. The number of fused-ring (bicyclic) bond motifs is 1. The predicted octanol–water partition coefficient (Wildman–Crippen LogP) is 2.90. The maximum Gasteiger partial charge on any atom is 0.238 e. The van der Waals surface area contributed by atoms with Crippen molar-refractivity contribution in [1.82, 2.24) is 10.2 Å². The first kappa shape index (κ1) is 15.7. The lowest BCUT2D eigenvalue weighted by atomic mass is 10.0. The normalized spacial score (nSPS) is 20.4. The lowest BCUT2D eigenvalue weighted by Crippen LogP contribution is -2.21. The topological polar surface area (TPSA) is 76.2 Å². The van der Waals surface area contributed by atoms with E-state index < -0.39 is 0 Å². The monoisotopic (exact) mass is 333 g/mol. The smallest absolute Gasteiger partial charge is 0.238 e. The molecule has 0 fully saturated rings. The second-order valence-electron chi connectivity index (χ2n) is 5.37. The lowest BCUT2D eigenvalue weighted by Gasteiger charge is -2.20. The summed E-state index contributed by atoms with van der Waals surface area (Å²) in [4.78, 5) is 12.2. The van der Waals surface area contributed by atoms with Crippen molar-refractivity contribution < 1.29 is 14.3 Å². The third-order valence-electron chi connectivity index (χ3n) is 3.93. The van der Waals surface area contributed by atoms with Crippen LogP contribution < -0.4 is 14.8 Å². The van der Waals surface area contributed by atoms with Crippen LogP contribution in [0, 0.1) is 6.92 Å². The molecule has 2 atom stereocenters. The number of hydrogen-bond donors (Lipinski definition) is 2. The molecule has 7 heteroatoms. The van der Waals surface area contributed by atoms with E-state index in [1.165, 1.54) is 0 Å². The van der Waals surface area contributed by atoms with E-state index in [0.29, 0.717) is 5.82 Å². The van der Waals surface area contributed by atoms with E-state index in [9.17, 15) is 4.79 Å². The first-order valence-electron chi connectivity index (χ1n) is 7.28. The summed E-state index contributed by atoms with van der Waals surface area (Å²) in [6.07, 6.45) is 0. The first-order chi connectivity index (χ1) is 11.0. The highest BCUT2D eigenvalue weighted by Crippen LogP contribution is 2.48. The van der Waals surface area contributed by atoms with Gasteiger partial charge in [0.05, 0.1) is 24.7 Å². The third kappa shape index (κ3) is 2.76. The van der Waals surface area contributed by atoms with E-state index in [1.54, 1.807) is 26.0 Å². The first-order valence-corrected chi connectivity index (χ1v) is 8.22. The van der Waals surface area contributed by atoms with Crippen molar-refractivity contribution in [2.75, 3.05) is 19.5 Å². The molecule has 3 rings (SSSR count). The molecule has 0 radical (unpaired) electrons. The Hall–Kier alpha value is -2.15. The van der Waals surface area contributed by atoms with E-state index >= 15 is 0 Å². The van der Waals surface area contributed by atoms with Gasteiger partial charge in [-0.15, -0.1) is 11.8 Å². The summed E-state index contributed by atoms with van der Waals surface area (Å²) in [6.45, 7) is 3.85. The van der Waals surface area contributed by atoms with Crippen molar-refractivity contribution in [2.24, 2.45) is 0 Å². The minimum atomic E-state index is -0.204. The van der Waals surface area contributed by atoms with Crippen LogP contribution >= 0.6 is 11.8 Å². The molecule has 1 aliphatic heterocycles. The summed E-state index contributed by atoms with van der Waals surface area (Å²) in [5.41, 5.74) is 2.86. The van der Waals surface area contributed by atoms with E-state index in [4.69, 9.17) is 9.47 Å². The Morgan fingerprint density at radius 3 is 2.74 bits per heavy atom. The highest BCUT2D eigenvalue weighted by Gasteiger charge is 2.33. The molecule has 1 amide bonds. The summed E-state index contributed by atoms with van der Waals surface area (Å²) < 4.78 is 10.9. The predicted molar refractivity (Wildman–Crippen MR) is 90.4 cm³/mol. The van der Waals surface area contributed by atoms with Gasteiger partial charge in [-0.05, 0) is 32.0 Å². The number of H-pyrrole nitrogens is 1. The van der Waals surface area contributed by atoms with Gasteiger partial charge in [0.25, 0.3) is 0 Å². The number of hydrogen-bond acceptors (Lipinski definition) is 5. The molecule has 122 valence electrons. The van der Waals surface area contributed by atoms with Crippen LogP contribution in [0.4, 0.5) is 5.82 Å². The van der Waals surface area contributed by atoms with Crippen molar-refractivity contribution in [2.45, 2.75) is 24.3 Å². The molecule has 1 aliphatic rings. The fraction of sp³-hybridized carbons (Fsp3) is 0.375. The zero-order valence-electron chi connectivity index (χ0n) is 13.5. The van der Waals surface area contributed by atoms with Crippen LogP contribution in [-0.2, 0) is 4.79 Å². The van der Waals surface area contributed by atoms with E-state index in [1.807, 2.05) is 32.0 Å². The number of aromatic nitrogens is 2. The van der Waals surface area contributed by atoms with Gasteiger partial charge >= 0.3 is 0 Å². The average Bonchev–Trinajstić information content (AvgIpc) is 2.85. The number of carbonyl (C=O) groups is 1. The quantitative estimate of drug-likeness (QED) is 0.903. The second kappa shape index (κ2) is 6.16. The van der Waals surface area contributed by atoms with Gasteiger partial charge in [-0.1, -0.05) is 0 Å². The minimum Gasteiger partial charge on any atom is -0.497 e. The molecular formula is C16H19N3O3S. The van der Waals surface area contributed by atoms with Crippen LogP contribution in [0.15, 0.2) is 18.2 Å². The number of nitrogens with zero attached hydrogens (tertiary/aromatic N) is 1. The summed E-state index contributed by atoms with van der Waals surface area (Å²) >= 11 is 1.57. The van der Waals surface area contributed by atoms with Crippen molar-refractivity contribution in [3.8, 4) is 11.5 Å². The highest BCUT2D eigenvalue weighted by molar-refractivity contribution is 8.01. The van der Waals surface area contributed by atoms with Crippen molar-refractivity contribution in [3.05, 3.63) is 35.0 Å². The Morgan fingerprint density at radius 1 is 1.26 bits per heavy atom. The van der Waals surface area contributed by atoms with E-state index in [0.717, 1.165) is 28.3 Å². The van der Waals surface area contributed by atoms with Gasteiger partial charge in [0.15, 0.2) is 5.82 Å². The lowest BCUT2D eigenvalue weighted by molar-refractivity contribution is -0.115. The number of aryl methyl sites for hydroxylation is 1. The Bertz CT molecular complexity index is 744. The van der Waals surface area contributed by atoms with Gasteiger partial charge in [0, 0.05) is 16.8 Å². The van der Waals surface area contributed by atoms with Gasteiger partial charge in [0.1, 0.15) is 11.5 Å². The SMILES string of the molecule is COc1ccc(OC)c([C@H]2S[C@@H](C)C(=O)Nc3n[nH]c(C)c32)c1. The number of benzene rings is 1. The second-order valence-corrected chi connectivity index (χ2v) is 6.82. The molecule has 6 nitrogen and oxygen atoms in total. The van der Waals surface area contributed by atoms with Gasteiger partial charge in [-0.25, -0.2) is 0 Å². The number of amides is 1. The molecular weight excluding hydrogens is 314 g/mol. The van der Waals surface area contributed by atoms with E-state index in [2.05, 4.69) is 15.5 Å². The van der Waals surface area contributed by atoms with Gasteiger partial charge in [-0.3, -0.25) is 9.89 Å². The number of carbonyl (C=O) groups excluding carboxylic acids is 1. The van der Waals surface area contributed by atoms with Gasteiger partial charge in [0.2, 0.25) is 5.91 Å². The summed E-state index contributed by atoms with van der Waals surface area (Å²) in [7, 11) is 3.27. The van der Waals surface area contributed by atoms with E-state index in [-0.39, 0.29) is 16.4 Å². The Morgan fingerprint density at radius 2 is 2.04 bits per heavy atom. The number of ether oxygens (including phenoxy) is 2. The van der Waals surface area contributed by atoms with Crippen LogP contribution in [0.25, 0.3) is 0 Å². The molecule has 0 saturated carbocycles. The third-order valence-corrected chi connectivity index (χ3v) is 5.31. The zero-order valence-corrected chi connectivity index (χ0v) is 14.3. The molecule has 0 saturated heterocycles. The zero-order chi connectivity index (χ0) is 16.6. The highest BCUT2D eigenvalue weighted by atomic mass is 32.2. The average molecular weight is 333 g/mol. The Labute approximate surface area is 138 Å². The molecule has 0 spiro atoms. The molecule has 0 aliphatic carbocycles. The number of anilines is 1. The van der Waals surface area contributed by atoms with Crippen LogP contribution in [0.1, 0.15) is 29.0 Å². The molecule has 0 unspecified atom stereocenters. The van der Waals surface area contributed by atoms with Crippen molar-refractivity contribution in [1.29, 1.82) is 0 Å². The standard InChI is InChI=1S/C16H19N3O3S/c1-8-13-14(11-7-10(21-3)5-6-12(11)22-4)23-9(2)16(20)17-15(13)19-18-8/h5-7,9,14H,1-4H3,(H2,17,18,19,20)/t9-,14+/m0/s1. The molecule has 1 aromatic heterocycles. The number of rotatable bonds is 3. The van der Waals surface area contributed by atoms with Gasteiger partial charge < -0.3 is 14.8 Å². The molecule has 2 aromatic rings. The molecule has 23 heavy (non-hydrogen) atoms. The largest absolute Gasteiger partial charge is 0.497 e. The van der Waals surface area contributed by atoms with Crippen molar-refractivity contribution >= 4 is 23.5 Å². The number of aromatic amines is 1. The van der Waals surface area contributed by atoms with Crippen LogP contribution in [-0.4, -0.2) is 35.6 Å². The molecule has 0 bridgehead atoms. The number of thioether (sulfide) groups is 1. The van der Waals surface area contributed by atoms with Crippen LogP contribution in [0.3, 0.4) is 0 Å². The van der Waals surface area contributed by atoms with Crippen LogP contribution in [0.5, 0.6) is 11.5 Å². The Balaban J connectivity index is 2.17. The van der Waals surface area contributed by atoms with Crippen molar-refractivity contribution in [3.63, 3.8) is 0 Å². The molecule has 2 N–H and O–H groups in total. The fourth-order valence-electron chi connectivity index (χ4n) is 2.68. The number of nitrogens with one attached hydrogen (secondary N) is 2. The molecule has 2 heterocycles. The number of methoxy groups -OCH3 is 2. The Kier molecular flexibility index (Phi) is 4.21. The maximum absolute atomic E-state index is 12.2. The maximum atomic E-state index is 12.2. The van der Waals surface area contributed by atoms with Crippen LogP contribution in [0.2, 0.25) is 0 Å².